The predicted molar refractivity (Wildman–Crippen MR) is 98.1 cm³/mol. The third-order valence-corrected chi connectivity index (χ3v) is 4.79. The van der Waals surface area contributed by atoms with Crippen molar-refractivity contribution < 1.29 is 14.3 Å². The van der Waals surface area contributed by atoms with Crippen molar-refractivity contribution in [3.63, 3.8) is 0 Å². The molecule has 24 heavy (non-hydrogen) atoms. The van der Waals surface area contributed by atoms with Crippen molar-refractivity contribution in [2.75, 3.05) is 20.5 Å². The van der Waals surface area contributed by atoms with Crippen molar-refractivity contribution >= 4 is 11.4 Å². The average molecular weight is 330 g/mol. The van der Waals surface area contributed by atoms with E-state index in [4.69, 9.17) is 9.47 Å². The molecule has 0 amide bonds. The second kappa shape index (κ2) is 8.59. The first kappa shape index (κ1) is 18.9. The number of benzene rings is 1. The van der Waals surface area contributed by atoms with E-state index >= 15 is 0 Å². The van der Waals surface area contributed by atoms with E-state index in [1.54, 1.807) is 7.11 Å². The summed E-state index contributed by atoms with van der Waals surface area (Å²) in [7, 11) is 1.62. The van der Waals surface area contributed by atoms with Gasteiger partial charge in [0.1, 0.15) is 6.79 Å². The Morgan fingerprint density at radius 2 is 1.71 bits per heavy atom. The minimum atomic E-state index is 0.261. The van der Waals surface area contributed by atoms with Crippen LogP contribution < -0.4 is 0 Å². The van der Waals surface area contributed by atoms with Crippen molar-refractivity contribution in [1.82, 2.24) is 0 Å². The van der Waals surface area contributed by atoms with Gasteiger partial charge in [-0.1, -0.05) is 37.1 Å². The van der Waals surface area contributed by atoms with E-state index in [0.29, 0.717) is 13.0 Å². The lowest BCUT2D eigenvalue weighted by Gasteiger charge is -2.27. The van der Waals surface area contributed by atoms with Gasteiger partial charge in [-0.15, -0.1) is 0 Å². The molecule has 0 spiro atoms. The fraction of sp³-hybridized carbons (Fsp3) is 0.571. The van der Waals surface area contributed by atoms with Gasteiger partial charge in [0.15, 0.2) is 5.78 Å². The summed E-state index contributed by atoms with van der Waals surface area (Å²) in [5, 5.41) is 0. The third-order valence-electron chi connectivity index (χ3n) is 4.79. The minimum absolute atomic E-state index is 0.261. The summed E-state index contributed by atoms with van der Waals surface area (Å²) in [6.45, 7) is 9.45. The number of carbonyl (C=O) groups excluding carboxylic acids is 1. The molecule has 132 valence electrons. The van der Waals surface area contributed by atoms with Crippen LogP contribution in [0.3, 0.4) is 0 Å². The summed E-state index contributed by atoms with van der Waals surface area (Å²) in [5.74, 6) is 0.523. The number of ketones is 1. The molecule has 1 atom stereocenters. The Balaban J connectivity index is 2.38. The van der Waals surface area contributed by atoms with Gasteiger partial charge in [-0.3, -0.25) is 4.79 Å². The number of Topliss-reactive ketones (excluding diaryl/α,β-unsaturated/α-hetero) is 1. The van der Waals surface area contributed by atoms with Crippen LogP contribution in [-0.4, -0.2) is 26.3 Å². The van der Waals surface area contributed by atoms with Crippen LogP contribution in [0.2, 0.25) is 0 Å². The summed E-state index contributed by atoms with van der Waals surface area (Å²) in [5.41, 5.74) is 7.23. The first-order valence-electron chi connectivity index (χ1n) is 8.94. The number of methoxy groups -OCH3 is 1. The molecule has 0 aromatic heterocycles. The Labute approximate surface area is 146 Å². The summed E-state index contributed by atoms with van der Waals surface area (Å²) >= 11 is 0. The fourth-order valence-corrected chi connectivity index (χ4v) is 3.80. The number of ether oxygens (including phenoxy) is 2. The lowest BCUT2D eigenvalue weighted by Crippen LogP contribution is -2.23. The number of hydrogen-bond acceptors (Lipinski definition) is 3. The van der Waals surface area contributed by atoms with Crippen molar-refractivity contribution in [3.8, 4) is 0 Å². The maximum atomic E-state index is 12.9. The van der Waals surface area contributed by atoms with Gasteiger partial charge >= 0.3 is 0 Å². The predicted octanol–water partition coefficient (Wildman–Crippen LogP) is 4.49. The molecule has 0 bridgehead atoms. The molecule has 1 unspecified atom stereocenters. The number of allylic oxidation sites excluding steroid dienone is 2. The Morgan fingerprint density at radius 3 is 2.21 bits per heavy atom. The molecule has 3 nitrogen and oxygen atoms in total. The summed E-state index contributed by atoms with van der Waals surface area (Å²) in [4.78, 5) is 12.9. The number of aryl methyl sites for hydroxylation is 3. The Kier molecular flexibility index (Phi) is 6.76. The highest BCUT2D eigenvalue weighted by Crippen LogP contribution is 2.37. The number of rotatable bonds is 7. The lowest BCUT2D eigenvalue weighted by atomic mass is 9.77. The van der Waals surface area contributed by atoms with Crippen LogP contribution in [-0.2, 0) is 27.1 Å². The van der Waals surface area contributed by atoms with Crippen LogP contribution in [0.5, 0.6) is 0 Å². The van der Waals surface area contributed by atoms with Gasteiger partial charge in [-0.05, 0) is 55.7 Å². The second-order valence-corrected chi connectivity index (χ2v) is 6.80. The zero-order valence-electron chi connectivity index (χ0n) is 15.7. The average Bonchev–Trinajstić information content (AvgIpc) is 2.55. The first-order chi connectivity index (χ1) is 11.5. The number of carbonyl (C=O) groups is 1. The zero-order valence-corrected chi connectivity index (χ0v) is 15.7. The molecule has 3 heteroatoms. The van der Waals surface area contributed by atoms with Gasteiger partial charge in [0.2, 0.25) is 0 Å². The van der Waals surface area contributed by atoms with Crippen LogP contribution in [0.1, 0.15) is 55.9 Å². The quantitative estimate of drug-likeness (QED) is 0.546. The van der Waals surface area contributed by atoms with E-state index < -0.39 is 0 Å². The first-order valence-corrected chi connectivity index (χ1v) is 8.94. The van der Waals surface area contributed by atoms with Gasteiger partial charge in [-0.2, -0.15) is 0 Å². The van der Waals surface area contributed by atoms with E-state index in [-0.39, 0.29) is 18.5 Å². The molecule has 0 radical (unpaired) electrons. The van der Waals surface area contributed by atoms with E-state index in [1.165, 1.54) is 27.8 Å². The monoisotopic (exact) mass is 330 g/mol. The largest absolute Gasteiger partial charge is 0.359 e. The Morgan fingerprint density at radius 1 is 1.08 bits per heavy atom. The molecule has 1 aliphatic rings. The van der Waals surface area contributed by atoms with Gasteiger partial charge in [0, 0.05) is 19.1 Å². The molecule has 0 saturated heterocycles. The van der Waals surface area contributed by atoms with E-state index in [0.717, 1.165) is 24.8 Å². The van der Waals surface area contributed by atoms with Gasteiger partial charge < -0.3 is 9.47 Å². The van der Waals surface area contributed by atoms with Crippen LogP contribution in [0, 0.1) is 12.8 Å². The highest BCUT2D eigenvalue weighted by atomic mass is 16.7. The Hall–Kier alpha value is -1.45. The standard InChI is InChI=1S/C21H30O3/c1-6-17-8-14(3)9-18(7-2)21(17)20-15(4)10-16(11-19(20)22)12-24-13-23-5/h8-9,16H,6-7,10-13H2,1-5H3. The lowest BCUT2D eigenvalue weighted by molar-refractivity contribution is -0.116. The minimum Gasteiger partial charge on any atom is -0.359 e. The molecule has 1 aromatic rings. The molecule has 1 aromatic carbocycles. The molecule has 1 aliphatic carbocycles. The molecular formula is C21H30O3. The van der Waals surface area contributed by atoms with Crippen LogP contribution in [0.25, 0.3) is 5.57 Å². The molecule has 0 N–H and O–H groups in total. The van der Waals surface area contributed by atoms with Crippen molar-refractivity contribution in [2.45, 2.75) is 53.4 Å². The fourth-order valence-electron chi connectivity index (χ4n) is 3.80. The maximum absolute atomic E-state index is 12.9. The van der Waals surface area contributed by atoms with E-state index in [2.05, 4.69) is 39.8 Å². The smallest absolute Gasteiger partial charge is 0.163 e. The van der Waals surface area contributed by atoms with Crippen molar-refractivity contribution in [1.29, 1.82) is 0 Å². The van der Waals surface area contributed by atoms with E-state index in [1.807, 2.05) is 0 Å². The normalized spacial score (nSPS) is 18.4. The molecule has 0 fully saturated rings. The summed E-state index contributed by atoms with van der Waals surface area (Å²) in [6.07, 6.45) is 3.39. The van der Waals surface area contributed by atoms with Gasteiger partial charge in [0.25, 0.3) is 0 Å². The molecule has 0 aliphatic heterocycles. The zero-order chi connectivity index (χ0) is 17.7. The van der Waals surface area contributed by atoms with Crippen molar-refractivity contribution in [2.24, 2.45) is 5.92 Å². The van der Waals surface area contributed by atoms with E-state index in [9.17, 15) is 4.79 Å². The van der Waals surface area contributed by atoms with Crippen LogP contribution in [0.4, 0.5) is 0 Å². The highest BCUT2D eigenvalue weighted by molar-refractivity contribution is 6.23. The number of hydrogen-bond donors (Lipinski definition) is 0. The maximum Gasteiger partial charge on any atom is 0.163 e. The highest BCUT2D eigenvalue weighted by Gasteiger charge is 2.29. The topological polar surface area (TPSA) is 35.5 Å². The van der Waals surface area contributed by atoms with Gasteiger partial charge in [-0.25, -0.2) is 0 Å². The summed E-state index contributed by atoms with van der Waals surface area (Å²) < 4.78 is 10.4. The molecule has 2 rings (SSSR count). The molecule has 0 saturated carbocycles. The summed E-state index contributed by atoms with van der Waals surface area (Å²) in [6, 6.07) is 4.46. The van der Waals surface area contributed by atoms with Gasteiger partial charge in [0.05, 0.1) is 6.61 Å². The third kappa shape index (κ3) is 4.14. The Bertz CT molecular complexity index is 603. The molecule has 0 heterocycles. The SMILES string of the molecule is CCc1cc(C)cc(CC)c1C1=C(C)CC(COCOC)CC1=O. The second-order valence-electron chi connectivity index (χ2n) is 6.80. The van der Waals surface area contributed by atoms with Crippen molar-refractivity contribution in [3.05, 3.63) is 40.0 Å². The van der Waals surface area contributed by atoms with Crippen LogP contribution >= 0.6 is 0 Å². The van der Waals surface area contributed by atoms with Crippen LogP contribution in [0.15, 0.2) is 17.7 Å². The molecular weight excluding hydrogens is 300 g/mol.